The third kappa shape index (κ3) is 3.53. The van der Waals surface area contributed by atoms with Crippen LogP contribution < -0.4 is 9.47 Å². The van der Waals surface area contributed by atoms with Gasteiger partial charge in [0, 0.05) is 17.6 Å². The molecule has 0 bridgehead atoms. The van der Waals surface area contributed by atoms with E-state index in [0.717, 1.165) is 0 Å². The van der Waals surface area contributed by atoms with Crippen molar-refractivity contribution in [2.24, 2.45) is 0 Å². The minimum Gasteiger partial charge on any atom is -0.497 e. The maximum atomic E-state index is 12.7. The van der Waals surface area contributed by atoms with Crippen molar-refractivity contribution in [1.82, 2.24) is 0 Å². The first-order valence-electron chi connectivity index (χ1n) is 6.68. The van der Waals surface area contributed by atoms with Gasteiger partial charge < -0.3 is 9.47 Å². The Balaban J connectivity index is 2.51. The number of ether oxygens (including phenoxy) is 2. The van der Waals surface area contributed by atoms with Crippen molar-refractivity contribution >= 4 is 20.4 Å². The molecule has 0 aliphatic carbocycles. The predicted octanol–water partition coefficient (Wildman–Crippen LogP) is 3.44. The monoisotopic (exact) mass is 374 g/mol. The maximum Gasteiger partial charge on any atom is 0.523 e. The molecule has 0 unspecified atom stereocenters. The highest BCUT2D eigenvalue weighted by molar-refractivity contribution is 8.33. The van der Waals surface area contributed by atoms with Gasteiger partial charge in [-0.05, 0) is 25.0 Å². The lowest BCUT2D eigenvalue weighted by Gasteiger charge is -2.35. The van der Waals surface area contributed by atoms with Gasteiger partial charge in [0.1, 0.15) is 11.5 Å². The van der Waals surface area contributed by atoms with E-state index in [-0.39, 0.29) is 17.3 Å². The average Bonchev–Trinajstić information content (AvgIpc) is 2.94. The fourth-order valence-corrected chi connectivity index (χ4v) is 7.72. The second kappa shape index (κ2) is 6.40. The molecule has 10 heteroatoms. The Morgan fingerprint density at radius 1 is 1.09 bits per heavy atom. The number of benzene rings is 1. The van der Waals surface area contributed by atoms with Crippen LogP contribution in [0.15, 0.2) is 23.1 Å². The summed E-state index contributed by atoms with van der Waals surface area (Å²) in [4.78, 5) is 0.353. The smallest absolute Gasteiger partial charge is 0.497 e. The summed E-state index contributed by atoms with van der Waals surface area (Å²) in [6.07, 6.45) is 1.19. The fourth-order valence-electron chi connectivity index (χ4n) is 2.39. The van der Waals surface area contributed by atoms with E-state index in [2.05, 4.69) is 0 Å². The van der Waals surface area contributed by atoms with Crippen molar-refractivity contribution in [1.29, 1.82) is 0 Å². The fraction of sp³-hybridized carbons (Fsp3) is 0.538. The molecule has 2 rings (SSSR count). The van der Waals surface area contributed by atoms with Gasteiger partial charge in [-0.25, -0.2) is 3.63 Å². The summed E-state index contributed by atoms with van der Waals surface area (Å²) >= 11 is 0. The van der Waals surface area contributed by atoms with E-state index in [1.165, 1.54) is 26.4 Å². The van der Waals surface area contributed by atoms with Gasteiger partial charge in [-0.3, -0.25) is 0 Å². The van der Waals surface area contributed by atoms with Gasteiger partial charge in [-0.15, -0.1) is 0 Å². The van der Waals surface area contributed by atoms with Gasteiger partial charge in [0.05, 0.1) is 19.1 Å². The highest BCUT2D eigenvalue weighted by Crippen LogP contribution is 2.66. The molecular weight excluding hydrogens is 357 g/mol. The first-order chi connectivity index (χ1) is 10.6. The van der Waals surface area contributed by atoms with Crippen molar-refractivity contribution in [3.63, 3.8) is 0 Å². The van der Waals surface area contributed by atoms with Gasteiger partial charge in [-0.1, -0.05) is 10.3 Å². The van der Waals surface area contributed by atoms with Crippen molar-refractivity contribution in [2.75, 3.05) is 25.7 Å². The summed E-state index contributed by atoms with van der Waals surface area (Å²) in [5.41, 5.74) is -5.45. The van der Waals surface area contributed by atoms with Crippen LogP contribution >= 0.6 is 10.3 Å². The van der Waals surface area contributed by atoms with Crippen LogP contribution in [0, 0.1) is 0 Å². The zero-order chi connectivity index (χ0) is 17.3. The Hall–Kier alpha value is -1.13. The molecule has 0 spiro atoms. The van der Waals surface area contributed by atoms with E-state index in [1.54, 1.807) is 6.07 Å². The molecule has 132 valence electrons. The molecule has 1 aliphatic heterocycles. The number of methoxy groups -OCH3 is 2. The molecule has 1 aromatic rings. The molecule has 1 aromatic carbocycles. The molecule has 0 amide bonds. The van der Waals surface area contributed by atoms with Gasteiger partial charge in [0.25, 0.3) is 0 Å². The molecule has 1 saturated heterocycles. The Morgan fingerprint density at radius 3 is 2.17 bits per heavy atom. The van der Waals surface area contributed by atoms with Gasteiger partial charge in [0.15, 0.2) is 0 Å². The van der Waals surface area contributed by atoms with Crippen LogP contribution in [0.2, 0.25) is 0 Å². The molecule has 0 radical (unpaired) electrons. The van der Waals surface area contributed by atoms with E-state index in [9.17, 15) is 21.6 Å². The van der Waals surface area contributed by atoms with Crippen LogP contribution in [0.4, 0.5) is 13.2 Å². The van der Waals surface area contributed by atoms with E-state index in [4.69, 9.17) is 13.1 Å². The van der Waals surface area contributed by atoms with Crippen LogP contribution in [-0.4, -0.2) is 39.7 Å². The molecule has 0 saturated carbocycles. The Bertz CT molecular complexity index is 667. The largest absolute Gasteiger partial charge is 0.523 e. The summed E-state index contributed by atoms with van der Waals surface area (Å²) in [6.45, 7) is 0. The number of hydrogen-bond acceptors (Lipinski definition) is 5. The summed E-state index contributed by atoms with van der Waals surface area (Å²) in [6, 6.07) is 4.57. The highest BCUT2D eigenvalue weighted by Gasteiger charge is 2.52. The van der Waals surface area contributed by atoms with Crippen molar-refractivity contribution in [3.8, 4) is 11.5 Å². The molecule has 0 N–H and O–H groups in total. The first kappa shape index (κ1) is 18.2. The van der Waals surface area contributed by atoms with Crippen molar-refractivity contribution in [2.45, 2.75) is 23.2 Å². The number of hydrogen-bond donors (Lipinski definition) is 0. The maximum absolute atomic E-state index is 12.7. The van der Waals surface area contributed by atoms with Crippen LogP contribution in [0.5, 0.6) is 11.5 Å². The molecule has 1 heterocycles. The van der Waals surface area contributed by atoms with Crippen LogP contribution in [0.1, 0.15) is 12.8 Å². The normalized spacial score (nSPS) is 19.3. The Labute approximate surface area is 134 Å². The van der Waals surface area contributed by atoms with Gasteiger partial charge in [-0.2, -0.15) is 21.6 Å². The number of alkyl halides is 3. The van der Waals surface area contributed by atoms with E-state index < -0.39 is 25.9 Å². The molecule has 1 aliphatic rings. The van der Waals surface area contributed by atoms with Crippen LogP contribution in [0.3, 0.4) is 0 Å². The Kier molecular flexibility index (Phi) is 5.07. The quantitative estimate of drug-likeness (QED) is 0.739. The third-order valence-electron chi connectivity index (χ3n) is 3.47. The predicted molar refractivity (Wildman–Crippen MR) is 80.4 cm³/mol. The molecule has 1 fully saturated rings. The summed E-state index contributed by atoms with van der Waals surface area (Å²) in [5.74, 6) is 1.20. The van der Waals surface area contributed by atoms with Gasteiger partial charge in [0.2, 0.25) is 0 Å². The lowest BCUT2D eigenvalue weighted by molar-refractivity contribution is -0.0496. The molecule has 0 aromatic heterocycles. The summed E-state index contributed by atoms with van der Waals surface area (Å²) in [7, 11) is -5.51. The zero-order valence-corrected chi connectivity index (χ0v) is 14.2. The second-order valence-electron chi connectivity index (χ2n) is 4.91. The number of halogens is 3. The average molecular weight is 374 g/mol. The Morgan fingerprint density at radius 2 is 1.70 bits per heavy atom. The lowest BCUT2D eigenvalue weighted by atomic mass is 10.3. The number of rotatable bonds is 5. The highest BCUT2D eigenvalue weighted by atomic mass is 32.3. The molecule has 0 atom stereocenters. The molecule has 23 heavy (non-hydrogen) atoms. The second-order valence-corrected chi connectivity index (χ2v) is 9.71. The van der Waals surface area contributed by atoms with Crippen molar-refractivity contribution < 1.29 is 34.7 Å². The van der Waals surface area contributed by atoms with E-state index in [1.807, 2.05) is 0 Å². The van der Waals surface area contributed by atoms with E-state index in [0.29, 0.717) is 23.5 Å². The molecule has 5 nitrogen and oxygen atoms in total. The zero-order valence-electron chi connectivity index (χ0n) is 12.6. The standard InChI is InChI=1S/C13H17F3O5S2/c1-19-10-5-6-12(11(9-10)20-2)22(7-3-4-8-22)21-23(17,18)13(14,15)16/h5-6,9H,3-4,7-8H2,1-2H3. The topological polar surface area (TPSA) is 61.8 Å². The van der Waals surface area contributed by atoms with Crippen molar-refractivity contribution in [3.05, 3.63) is 18.2 Å². The van der Waals surface area contributed by atoms with Gasteiger partial charge >= 0.3 is 15.6 Å². The summed E-state index contributed by atoms with van der Waals surface area (Å²) in [5, 5.41) is 0. The minimum atomic E-state index is -5.68. The minimum absolute atomic E-state index is 0.241. The molecular formula is C13H17F3O5S2. The lowest BCUT2D eigenvalue weighted by Crippen LogP contribution is -2.27. The van der Waals surface area contributed by atoms with Crippen LogP contribution in [0.25, 0.3) is 0 Å². The SMILES string of the molecule is COc1ccc(S2(OS(=O)(=O)C(F)(F)F)CCCC2)c(OC)c1. The first-order valence-corrected chi connectivity index (χ1v) is 9.99. The van der Waals surface area contributed by atoms with E-state index >= 15 is 0 Å². The summed E-state index contributed by atoms with van der Waals surface area (Å²) < 4.78 is 76.2. The third-order valence-corrected chi connectivity index (χ3v) is 8.83. The van der Waals surface area contributed by atoms with Crippen LogP contribution in [-0.2, 0) is 13.7 Å².